The van der Waals surface area contributed by atoms with Gasteiger partial charge in [0.05, 0.1) is 9.40 Å². The average Bonchev–Trinajstić information content (AvgIpc) is 2.46. The highest BCUT2D eigenvalue weighted by Gasteiger charge is 2.25. The number of anilines is 1. The van der Waals surface area contributed by atoms with Gasteiger partial charge in [0.1, 0.15) is 11.9 Å². The largest absolute Gasteiger partial charge is 0.365 e. The van der Waals surface area contributed by atoms with Gasteiger partial charge in [-0.15, -0.1) is 0 Å². The van der Waals surface area contributed by atoms with E-state index >= 15 is 0 Å². The third kappa shape index (κ3) is 3.46. The Morgan fingerprint density at radius 2 is 2.20 bits per heavy atom. The standard InChI is InChI=1S/C13H19BrN4O2/c1-2-17(9-10-3-5-15-6-4-10)13-11(14)7-16-8-12(13)18(19)20/h7-8,10,15H,2-6,9H2,1H3. The van der Waals surface area contributed by atoms with E-state index in [1.807, 2.05) is 6.92 Å². The smallest absolute Gasteiger partial charge is 0.311 e. The van der Waals surface area contributed by atoms with Crippen LogP contribution in [0, 0.1) is 16.0 Å². The molecule has 0 spiro atoms. The van der Waals surface area contributed by atoms with E-state index in [1.54, 1.807) is 6.20 Å². The van der Waals surface area contributed by atoms with Crippen molar-refractivity contribution < 1.29 is 4.92 Å². The van der Waals surface area contributed by atoms with Gasteiger partial charge in [-0.25, -0.2) is 0 Å². The fourth-order valence-corrected chi connectivity index (χ4v) is 3.19. The molecule has 0 amide bonds. The lowest BCUT2D eigenvalue weighted by atomic mass is 9.97. The molecule has 6 nitrogen and oxygen atoms in total. The molecule has 1 fully saturated rings. The third-order valence-electron chi connectivity index (χ3n) is 3.69. The summed E-state index contributed by atoms with van der Waals surface area (Å²) in [4.78, 5) is 16.8. The van der Waals surface area contributed by atoms with Gasteiger partial charge in [-0.2, -0.15) is 0 Å². The number of halogens is 1. The Morgan fingerprint density at radius 3 is 2.80 bits per heavy atom. The van der Waals surface area contributed by atoms with E-state index in [1.165, 1.54) is 6.20 Å². The molecule has 0 saturated carbocycles. The van der Waals surface area contributed by atoms with Crippen molar-refractivity contribution in [1.29, 1.82) is 0 Å². The highest BCUT2D eigenvalue weighted by molar-refractivity contribution is 9.10. The number of nitro groups is 1. The molecule has 1 aromatic rings. The lowest BCUT2D eigenvalue weighted by Gasteiger charge is -2.31. The number of nitrogens with zero attached hydrogens (tertiary/aromatic N) is 3. The van der Waals surface area contributed by atoms with E-state index in [4.69, 9.17) is 0 Å². The maximum Gasteiger partial charge on any atom is 0.311 e. The summed E-state index contributed by atoms with van der Waals surface area (Å²) in [5.74, 6) is 0.580. The fraction of sp³-hybridized carbons (Fsp3) is 0.615. The topological polar surface area (TPSA) is 71.3 Å². The van der Waals surface area contributed by atoms with Crippen LogP contribution < -0.4 is 10.2 Å². The van der Waals surface area contributed by atoms with Crippen LogP contribution >= 0.6 is 15.9 Å². The first-order valence-electron chi connectivity index (χ1n) is 6.87. The maximum atomic E-state index is 11.2. The normalized spacial score (nSPS) is 16.1. The Hall–Kier alpha value is -1.21. The van der Waals surface area contributed by atoms with Crippen molar-refractivity contribution in [2.24, 2.45) is 5.92 Å². The molecule has 2 rings (SSSR count). The number of aromatic nitrogens is 1. The Morgan fingerprint density at radius 1 is 1.50 bits per heavy atom. The quantitative estimate of drug-likeness (QED) is 0.657. The Labute approximate surface area is 126 Å². The highest BCUT2D eigenvalue weighted by Crippen LogP contribution is 2.35. The van der Waals surface area contributed by atoms with E-state index in [0.717, 1.165) is 39.0 Å². The van der Waals surface area contributed by atoms with Crippen molar-refractivity contribution in [2.75, 3.05) is 31.1 Å². The monoisotopic (exact) mass is 342 g/mol. The predicted octanol–water partition coefficient (Wildman–Crippen LogP) is 2.58. The maximum absolute atomic E-state index is 11.2. The molecule has 0 aromatic carbocycles. The number of piperidine rings is 1. The molecule has 0 aliphatic carbocycles. The summed E-state index contributed by atoms with van der Waals surface area (Å²) in [5.41, 5.74) is 0.709. The van der Waals surface area contributed by atoms with Gasteiger partial charge in [-0.3, -0.25) is 15.1 Å². The van der Waals surface area contributed by atoms with Gasteiger partial charge in [0.2, 0.25) is 0 Å². The molecule has 0 atom stereocenters. The minimum atomic E-state index is -0.363. The van der Waals surface area contributed by atoms with Gasteiger partial charge in [0, 0.05) is 19.3 Å². The number of pyridine rings is 1. The van der Waals surface area contributed by atoms with Crippen LogP contribution in [0.3, 0.4) is 0 Å². The first kappa shape index (κ1) is 15.2. The van der Waals surface area contributed by atoms with Crippen molar-refractivity contribution in [3.05, 3.63) is 27.0 Å². The van der Waals surface area contributed by atoms with Gasteiger partial charge < -0.3 is 10.2 Å². The van der Waals surface area contributed by atoms with Crippen molar-refractivity contribution in [2.45, 2.75) is 19.8 Å². The zero-order valence-electron chi connectivity index (χ0n) is 11.5. The van der Waals surface area contributed by atoms with Gasteiger partial charge in [0.25, 0.3) is 0 Å². The first-order chi connectivity index (χ1) is 9.63. The molecule has 1 aliphatic rings. The first-order valence-corrected chi connectivity index (χ1v) is 7.66. The third-order valence-corrected chi connectivity index (χ3v) is 4.27. The molecule has 1 aromatic heterocycles. The zero-order chi connectivity index (χ0) is 14.5. The number of hydrogen-bond donors (Lipinski definition) is 1. The molecule has 0 unspecified atom stereocenters. The van der Waals surface area contributed by atoms with Crippen LogP contribution in [0.5, 0.6) is 0 Å². The molecule has 1 saturated heterocycles. The minimum Gasteiger partial charge on any atom is -0.365 e. The molecule has 0 radical (unpaired) electrons. The molecular weight excluding hydrogens is 324 g/mol. The van der Waals surface area contributed by atoms with E-state index in [9.17, 15) is 10.1 Å². The second kappa shape index (κ2) is 6.99. The van der Waals surface area contributed by atoms with Crippen LogP contribution in [0.4, 0.5) is 11.4 Å². The summed E-state index contributed by atoms with van der Waals surface area (Å²) in [6.45, 7) is 5.68. The van der Waals surface area contributed by atoms with Gasteiger partial charge in [-0.1, -0.05) is 0 Å². The van der Waals surface area contributed by atoms with Gasteiger partial charge in [-0.05, 0) is 54.7 Å². The Bertz CT molecular complexity index is 477. The van der Waals surface area contributed by atoms with Crippen LogP contribution in [0.25, 0.3) is 0 Å². The van der Waals surface area contributed by atoms with Crippen LogP contribution in [0.1, 0.15) is 19.8 Å². The number of hydrogen-bond acceptors (Lipinski definition) is 5. The van der Waals surface area contributed by atoms with Gasteiger partial charge in [0.15, 0.2) is 0 Å². The second-order valence-corrected chi connectivity index (χ2v) is 5.83. The van der Waals surface area contributed by atoms with Crippen LogP contribution in [-0.4, -0.2) is 36.1 Å². The summed E-state index contributed by atoms with van der Waals surface area (Å²) in [5, 5.41) is 14.5. The summed E-state index contributed by atoms with van der Waals surface area (Å²) in [6.07, 6.45) is 5.18. The predicted molar refractivity (Wildman–Crippen MR) is 82.1 cm³/mol. The van der Waals surface area contributed by atoms with Crippen LogP contribution in [-0.2, 0) is 0 Å². The van der Waals surface area contributed by atoms with Crippen molar-refractivity contribution in [1.82, 2.24) is 10.3 Å². The van der Waals surface area contributed by atoms with Crippen LogP contribution in [0.2, 0.25) is 0 Å². The van der Waals surface area contributed by atoms with E-state index in [-0.39, 0.29) is 10.6 Å². The van der Waals surface area contributed by atoms with E-state index in [0.29, 0.717) is 16.1 Å². The summed E-state index contributed by atoms with van der Waals surface area (Å²) in [6, 6.07) is 0. The van der Waals surface area contributed by atoms with E-state index < -0.39 is 0 Å². The van der Waals surface area contributed by atoms with Crippen LogP contribution in [0.15, 0.2) is 16.9 Å². The second-order valence-electron chi connectivity index (χ2n) is 4.98. The lowest BCUT2D eigenvalue weighted by molar-refractivity contribution is -0.384. The summed E-state index contributed by atoms with van der Waals surface area (Å²) in [7, 11) is 0. The average molecular weight is 343 g/mol. The zero-order valence-corrected chi connectivity index (χ0v) is 13.1. The minimum absolute atomic E-state index is 0.0650. The molecule has 0 bridgehead atoms. The number of rotatable bonds is 5. The molecule has 2 heterocycles. The van der Waals surface area contributed by atoms with Crippen molar-refractivity contribution in [3.63, 3.8) is 0 Å². The molecule has 20 heavy (non-hydrogen) atoms. The fourth-order valence-electron chi connectivity index (χ4n) is 2.62. The SMILES string of the molecule is CCN(CC1CCNCC1)c1c(Br)cncc1[N+](=O)[O-]. The summed E-state index contributed by atoms with van der Waals surface area (Å²) >= 11 is 3.40. The molecule has 110 valence electrons. The molecular formula is C13H19BrN4O2. The lowest BCUT2D eigenvalue weighted by Crippen LogP contribution is -2.36. The molecule has 1 N–H and O–H groups in total. The Balaban J connectivity index is 2.24. The molecule has 7 heteroatoms. The van der Waals surface area contributed by atoms with Crippen molar-refractivity contribution in [3.8, 4) is 0 Å². The van der Waals surface area contributed by atoms with Crippen molar-refractivity contribution >= 4 is 27.3 Å². The van der Waals surface area contributed by atoms with Gasteiger partial charge >= 0.3 is 5.69 Å². The highest BCUT2D eigenvalue weighted by atomic mass is 79.9. The molecule has 1 aliphatic heterocycles. The summed E-state index contributed by atoms with van der Waals surface area (Å²) < 4.78 is 0.683. The Kier molecular flexibility index (Phi) is 5.31. The van der Waals surface area contributed by atoms with E-state index in [2.05, 4.69) is 31.1 Å². The number of nitrogens with one attached hydrogen (secondary N) is 1.